The number of nitrogens with one attached hydrogen (secondary N) is 1. The summed E-state index contributed by atoms with van der Waals surface area (Å²) in [5, 5.41) is 0.189. The van der Waals surface area contributed by atoms with E-state index in [1.807, 2.05) is 0 Å². The van der Waals surface area contributed by atoms with Crippen LogP contribution in [0.3, 0.4) is 0 Å². The highest BCUT2D eigenvalue weighted by atomic mass is 79.9. The van der Waals surface area contributed by atoms with Gasteiger partial charge in [-0.15, -0.1) is 0 Å². The van der Waals surface area contributed by atoms with Crippen molar-refractivity contribution in [1.29, 1.82) is 0 Å². The summed E-state index contributed by atoms with van der Waals surface area (Å²) >= 11 is 9.31. The number of nitrogens with zero attached hydrogens (tertiary/aromatic N) is 1. The summed E-state index contributed by atoms with van der Waals surface area (Å²) in [6.07, 6.45) is 0. The monoisotopic (exact) mass is 410 g/mol. The van der Waals surface area contributed by atoms with Crippen molar-refractivity contribution in [2.24, 2.45) is 5.73 Å². The lowest BCUT2D eigenvalue weighted by atomic mass is 10.2. The van der Waals surface area contributed by atoms with Crippen LogP contribution in [0.2, 0.25) is 5.02 Å². The van der Waals surface area contributed by atoms with E-state index < -0.39 is 10.0 Å². The maximum atomic E-state index is 12.7. The number of quaternary nitrogens is 1. The van der Waals surface area contributed by atoms with Gasteiger partial charge in [0.15, 0.2) is 6.04 Å². The number of carbonyl (C=O) groups is 1. The molecule has 122 valence electrons. The Morgan fingerprint density at radius 1 is 1.41 bits per heavy atom. The van der Waals surface area contributed by atoms with E-state index in [1.165, 1.54) is 10.4 Å². The molecule has 1 aromatic rings. The van der Waals surface area contributed by atoms with Gasteiger partial charge in [0.25, 0.3) is 5.91 Å². The molecule has 22 heavy (non-hydrogen) atoms. The second-order valence-electron chi connectivity index (χ2n) is 5.26. The van der Waals surface area contributed by atoms with Gasteiger partial charge >= 0.3 is 0 Å². The quantitative estimate of drug-likeness (QED) is 0.723. The van der Waals surface area contributed by atoms with E-state index in [-0.39, 0.29) is 21.9 Å². The molecule has 1 aliphatic heterocycles. The molecule has 0 aliphatic carbocycles. The molecule has 1 aromatic carbocycles. The molecule has 0 spiro atoms. The first kappa shape index (κ1) is 17.7. The molecule has 6 nitrogen and oxygen atoms in total. The molecule has 0 bridgehead atoms. The van der Waals surface area contributed by atoms with Gasteiger partial charge < -0.3 is 10.6 Å². The average Bonchev–Trinajstić information content (AvgIpc) is 2.46. The van der Waals surface area contributed by atoms with Gasteiger partial charge in [-0.3, -0.25) is 4.79 Å². The van der Waals surface area contributed by atoms with Crippen molar-refractivity contribution in [1.82, 2.24) is 4.31 Å². The molecule has 1 saturated heterocycles. The fraction of sp³-hybridized carbons (Fsp3) is 0.462. The number of benzene rings is 1. The van der Waals surface area contributed by atoms with Crippen molar-refractivity contribution in [2.75, 3.05) is 26.2 Å². The lowest BCUT2D eigenvalue weighted by molar-refractivity contribution is -0.917. The Kier molecular flexibility index (Phi) is 5.50. The second kappa shape index (κ2) is 6.84. The van der Waals surface area contributed by atoms with Crippen LogP contribution < -0.4 is 10.6 Å². The van der Waals surface area contributed by atoms with E-state index in [9.17, 15) is 13.2 Å². The molecule has 1 amide bonds. The van der Waals surface area contributed by atoms with Gasteiger partial charge in [0.2, 0.25) is 10.0 Å². The van der Waals surface area contributed by atoms with E-state index in [1.54, 1.807) is 19.1 Å². The maximum Gasteiger partial charge on any atom is 0.275 e. The Labute approximate surface area is 143 Å². The summed E-state index contributed by atoms with van der Waals surface area (Å²) in [4.78, 5) is 12.3. The highest BCUT2D eigenvalue weighted by molar-refractivity contribution is 9.10. The zero-order chi connectivity index (χ0) is 16.5. The third-order valence-electron chi connectivity index (χ3n) is 3.92. The number of rotatable bonds is 4. The average molecular weight is 412 g/mol. The summed E-state index contributed by atoms with van der Waals surface area (Å²) < 4.78 is 27.4. The predicted molar refractivity (Wildman–Crippen MR) is 87.3 cm³/mol. The molecule has 9 heteroatoms. The number of sulfonamides is 1. The summed E-state index contributed by atoms with van der Waals surface area (Å²) in [5.74, 6) is -0.373. The van der Waals surface area contributed by atoms with Crippen LogP contribution >= 0.6 is 27.5 Å². The number of nitrogens with two attached hydrogens (primary N) is 1. The van der Waals surface area contributed by atoms with E-state index >= 15 is 0 Å². The number of halogens is 2. The Morgan fingerprint density at radius 3 is 2.50 bits per heavy atom. The van der Waals surface area contributed by atoms with Crippen molar-refractivity contribution in [3.63, 3.8) is 0 Å². The number of hydrogen-bond acceptors (Lipinski definition) is 3. The van der Waals surface area contributed by atoms with E-state index in [0.29, 0.717) is 26.2 Å². The lowest BCUT2D eigenvalue weighted by Gasteiger charge is -2.33. The molecule has 0 radical (unpaired) electrons. The third kappa shape index (κ3) is 3.62. The first-order chi connectivity index (χ1) is 10.2. The van der Waals surface area contributed by atoms with Crippen LogP contribution in [0.1, 0.15) is 6.92 Å². The largest absolute Gasteiger partial charge is 0.365 e. The first-order valence-electron chi connectivity index (χ1n) is 6.82. The van der Waals surface area contributed by atoms with Crippen molar-refractivity contribution in [3.05, 3.63) is 27.7 Å². The van der Waals surface area contributed by atoms with Crippen LogP contribution in [0.5, 0.6) is 0 Å². The topological polar surface area (TPSA) is 84.9 Å². The summed E-state index contributed by atoms with van der Waals surface area (Å²) in [7, 11) is -3.63. The molecule has 2 rings (SSSR count). The number of amides is 1. The standard InChI is InChI=1S/C13H17BrClN3O3S/c1-9(13(16)19)17-4-6-18(7-5-17)22(20,21)12-3-2-10(14)8-11(12)15/h2-3,8-9H,4-7H2,1H3,(H2,16,19)/p+1/t9-/m1/s1. The Morgan fingerprint density at radius 2 is 2.00 bits per heavy atom. The maximum absolute atomic E-state index is 12.7. The fourth-order valence-electron chi connectivity index (χ4n) is 2.47. The normalized spacial score (nSPS) is 19.0. The van der Waals surface area contributed by atoms with Gasteiger partial charge in [-0.1, -0.05) is 27.5 Å². The minimum atomic E-state index is -3.63. The molecular formula is C13H18BrClN3O3S+. The van der Waals surface area contributed by atoms with Gasteiger partial charge in [-0.25, -0.2) is 8.42 Å². The molecule has 0 unspecified atom stereocenters. The van der Waals surface area contributed by atoms with Gasteiger partial charge in [-0.2, -0.15) is 4.31 Å². The first-order valence-corrected chi connectivity index (χ1v) is 9.43. The number of primary amides is 1. The molecule has 0 saturated carbocycles. The van der Waals surface area contributed by atoms with Gasteiger partial charge in [0.05, 0.1) is 31.2 Å². The number of piperazine rings is 1. The van der Waals surface area contributed by atoms with Gasteiger partial charge in [-0.05, 0) is 25.1 Å². The number of hydrogen-bond donors (Lipinski definition) is 2. The van der Waals surface area contributed by atoms with Crippen LogP contribution in [0.25, 0.3) is 0 Å². The van der Waals surface area contributed by atoms with Crippen molar-refractivity contribution in [2.45, 2.75) is 17.9 Å². The Balaban J connectivity index is 2.14. The van der Waals surface area contributed by atoms with Crippen LogP contribution in [0.15, 0.2) is 27.6 Å². The third-order valence-corrected chi connectivity index (χ3v) is 6.79. The van der Waals surface area contributed by atoms with Gasteiger partial charge in [0.1, 0.15) is 4.90 Å². The van der Waals surface area contributed by atoms with Crippen molar-refractivity contribution in [3.8, 4) is 0 Å². The summed E-state index contributed by atoms with van der Waals surface area (Å²) in [6.45, 7) is 3.51. The summed E-state index contributed by atoms with van der Waals surface area (Å²) in [5.41, 5.74) is 5.30. The van der Waals surface area contributed by atoms with E-state index in [2.05, 4.69) is 15.9 Å². The minimum absolute atomic E-state index is 0.101. The fourth-order valence-corrected chi connectivity index (χ4v) is 4.92. The van der Waals surface area contributed by atoms with Crippen molar-refractivity contribution >= 4 is 43.5 Å². The molecule has 1 atom stereocenters. The number of carbonyl (C=O) groups excluding carboxylic acids is 1. The van der Waals surface area contributed by atoms with Crippen LogP contribution in [0, 0.1) is 0 Å². The van der Waals surface area contributed by atoms with Crippen LogP contribution in [-0.2, 0) is 14.8 Å². The summed E-state index contributed by atoms with van der Waals surface area (Å²) in [6, 6.07) is 4.38. The van der Waals surface area contributed by atoms with Crippen LogP contribution in [0.4, 0.5) is 0 Å². The zero-order valence-electron chi connectivity index (χ0n) is 12.1. The highest BCUT2D eigenvalue weighted by Gasteiger charge is 2.34. The smallest absolute Gasteiger partial charge is 0.275 e. The predicted octanol–water partition coefficient (Wildman–Crippen LogP) is -0.134. The van der Waals surface area contributed by atoms with Crippen molar-refractivity contribution < 1.29 is 18.1 Å². The molecule has 0 aromatic heterocycles. The Bertz CT molecular complexity index is 675. The second-order valence-corrected chi connectivity index (χ2v) is 8.49. The van der Waals surface area contributed by atoms with E-state index in [4.69, 9.17) is 17.3 Å². The van der Waals surface area contributed by atoms with Crippen LogP contribution in [-0.4, -0.2) is 50.9 Å². The molecule has 1 aliphatic rings. The van der Waals surface area contributed by atoms with E-state index in [0.717, 1.165) is 9.37 Å². The van der Waals surface area contributed by atoms with Gasteiger partial charge in [0, 0.05) is 4.47 Å². The molecular weight excluding hydrogens is 394 g/mol. The minimum Gasteiger partial charge on any atom is -0.365 e. The Hall–Kier alpha value is -0.670. The SMILES string of the molecule is C[C@H](C(N)=O)[NH+]1CCN(S(=O)(=O)c2ccc(Br)cc2Cl)CC1. The lowest BCUT2D eigenvalue weighted by Crippen LogP contribution is -3.19. The molecule has 1 heterocycles. The highest BCUT2D eigenvalue weighted by Crippen LogP contribution is 2.27. The molecule has 1 fully saturated rings. The zero-order valence-corrected chi connectivity index (χ0v) is 15.2. The molecule has 3 N–H and O–H groups in total.